The molecule has 0 unspecified atom stereocenters. The summed E-state index contributed by atoms with van der Waals surface area (Å²) < 4.78 is 26.8. The van der Waals surface area contributed by atoms with Gasteiger partial charge < -0.3 is 5.32 Å². The van der Waals surface area contributed by atoms with Gasteiger partial charge in [0.05, 0.1) is 0 Å². The summed E-state index contributed by atoms with van der Waals surface area (Å²) in [6.07, 6.45) is 0.396. The summed E-state index contributed by atoms with van der Waals surface area (Å²) >= 11 is 11.8. The lowest BCUT2D eigenvalue weighted by atomic mass is 10.1. The lowest BCUT2D eigenvalue weighted by molar-refractivity contribution is -0.116. The molecule has 2 aromatic carbocycles. The largest absolute Gasteiger partial charge is 0.321 e. The van der Waals surface area contributed by atoms with Gasteiger partial charge in [0.25, 0.3) is 0 Å². The monoisotopic (exact) mass is 329 g/mol. The zero-order valence-electron chi connectivity index (χ0n) is 10.8. The second kappa shape index (κ2) is 6.87. The molecule has 6 heteroatoms. The highest BCUT2D eigenvalue weighted by atomic mass is 35.5. The van der Waals surface area contributed by atoms with Gasteiger partial charge in [0.2, 0.25) is 5.91 Å². The number of carbonyl (C=O) groups excluding carboxylic acids is 1. The Morgan fingerprint density at radius 1 is 1.10 bits per heavy atom. The molecule has 2 rings (SSSR count). The Bertz CT molecular complexity index is 656. The van der Waals surface area contributed by atoms with E-state index in [4.69, 9.17) is 23.2 Å². The fourth-order valence-electron chi connectivity index (χ4n) is 1.79. The third-order valence-corrected chi connectivity index (χ3v) is 3.45. The number of benzene rings is 2. The van der Waals surface area contributed by atoms with Crippen molar-refractivity contribution < 1.29 is 13.6 Å². The predicted molar refractivity (Wildman–Crippen MR) is 79.8 cm³/mol. The van der Waals surface area contributed by atoms with Crippen molar-refractivity contribution in [3.8, 4) is 0 Å². The van der Waals surface area contributed by atoms with E-state index >= 15 is 0 Å². The topological polar surface area (TPSA) is 29.1 Å². The molecular weight excluding hydrogens is 319 g/mol. The minimum atomic E-state index is -0.812. The van der Waals surface area contributed by atoms with Crippen molar-refractivity contribution in [1.29, 1.82) is 0 Å². The number of para-hydroxylation sites is 1. The molecule has 1 amide bonds. The van der Waals surface area contributed by atoms with E-state index in [0.717, 1.165) is 17.7 Å². The Kier molecular flexibility index (Phi) is 5.15. The van der Waals surface area contributed by atoms with E-state index in [-0.39, 0.29) is 6.42 Å². The number of carbonyl (C=O) groups is 1. The minimum Gasteiger partial charge on any atom is -0.321 e. The fourth-order valence-corrected chi connectivity index (χ4v) is 2.29. The molecule has 0 aliphatic heterocycles. The van der Waals surface area contributed by atoms with Crippen LogP contribution in [0.5, 0.6) is 0 Å². The first kappa shape index (κ1) is 15.7. The van der Waals surface area contributed by atoms with Crippen LogP contribution in [0.1, 0.15) is 12.0 Å². The van der Waals surface area contributed by atoms with Crippen molar-refractivity contribution in [1.82, 2.24) is 0 Å². The van der Waals surface area contributed by atoms with Crippen LogP contribution in [-0.4, -0.2) is 5.91 Å². The fraction of sp³-hybridized carbons (Fsp3) is 0.133. The van der Waals surface area contributed by atoms with E-state index in [1.54, 1.807) is 18.2 Å². The maximum absolute atomic E-state index is 13.4. The Morgan fingerprint density at radius 3 is 2.38 bits per heavy atom. The van der Waals surface area contributed by atoms with Gasteiger partial charge in [0.1, 0.15) is 17.3 Å². The highest BCUT2D eigenvalue weighted by Gasteiger charge is 2.12. The zero-order valence-corrected chi connectivity index (χ0v) is 12.3. The van der Waals surface area contributed by atoms with Crippen LogP contribution in [0.15, 0.2) is 36.4 Å². The maximum Gasteiger partial charge on any atom is 0.224 e. The number of hydrogen-bond acceptors (Lipinski definition) is 1. The summed E-state index contributed by atoms with van der Waals surface area (Å²) in [6.45, 7) is 0. The molecule has 0 aromatic heterocycles. The number of aryl methyl sites for hydroxylation is 1. The van der Waals surface area contributed by atoms with E-state index in [0.29, 0.717) is 16.5 Å². The van der Waals surface area contributed by atoms with Crippen molar-refractivity contribution in [2.75, 3.05) is 5.32 Å². The molecule has 0 fully saturated rings. The van der Waals surface area contributed by atoms with Crippen molar-refractivity contribution >= 4 is 34.8 Å². The molecular formula is C15H11Cl2F2NO. The first-order chi connectivity index (χ1) is 9.97. The summed E-state index contributed by atoms with van der Waals surface area (Å²) in [4.78, 5) is 11.8. The van der Waals surface area contributed by atoms with Crippen LogP contribution in [0.3, 0.4) is 0 Å². The summed E-state index contributed by atoms with van der Waals surface area (Å²) in [7, 11) is 0. The maximum atomic E-state index is 13.4. The minimum absolute atomic E-state index is 0.0507. The van der Waals surface area contributed by atoms with Gasteiger partial charge in [-0.05, 0) is 36.2 Å². The molecule has 0 aliphatic rings. The van der Waals surface area contributed by atoms with Crippen LogP contribution in [0.2, 0.25) is 10.0 Å². The number of halogens is 4. The molecule has 0 saturated heterocycles. The normalized spacial score (nSPS) is 10.5. The molecule has 0 spiro atoms. The number of nitrogens with one attached hydrogen (secondary N) is 1. The van der Waals surface area contributed by atoms with Crippen molar-refractivity contribution in [2.24, 2.45) is 0 Å². The van der Waals surface area contributed by atoms with Crippen molar-refractivity contribution in [2.45, 2.75) is 12.8 Å². The van der Waals surface area contributed by atoms with Crippen LogP contribution < -0.4 is 5.32 Å². The van der Waals surface area contributed by atoms with Gasteiger partial charge in [-0.1, -0.05) is 35.3 Å². The van der Waals surface area contributed by atoms with Gasteiger partial charge in [-0.2, -0.15) is 0 Å². The lowest BCUT2D eigenvalue weighted by Crippen LogP contribution is -2.14. The molecule has 0 bridgehead atoms. The highest BCUT2D eigenvalue weighted by Crippen LogP contribution is 2.23. The summed E-state index contributed by atoms with van der Waals surface area (Å²) in [6, 6.07) is 8.34. The summed E-state index contributed by atoms with van der Waals surface area (Å²) in [5.41, 5.74) is 0.301. The molecule has 2 aromatic rings. The molecule has 110 valence electrons. The number of amides is 1. The van der Waals surface area contributed by atoms with Gasteiger partial charge >= 0.3 is 0 Å². The van der Waals surface area contributed by atoms with E-state index in [2.05, 4.69) is 5.32 Å². The Labute approximate surface area is 130 Å². The summed E-state index contributed by atoms with van der Waals surface area (Å²) in [5, 5.41) is 3.17. The molecule has 21 heavy (non-hydrogen) atoms. The quantitative estimate of drug-likeness (QED) is 0.854. The first-order valence-corrected chi connectivity index (χ1v) is 6.91. The molecule has 0 aliphatic carbocycles. The molecule has 0 atom stereocenters. The van der Waals surface area contributed by atoms with Crippen LogP contribution in [0, 0.1) is 11.6 Å². The van der Waals surface area contributed by atoms with Gasteiger partial charge in [-0.3, -0.25) is 4.79 Å². The molecule has 2 nitrogen and oxygen atoms in total. The predicted octanol–water partition coefficient (Wildman–Crippen LogP) is 4.84. The molecule has 0 radical (unpaired) electrons. The standard InChI is InChI=1S/C15H11Cl2F2NO/c16-10-6-4-9(11(17)8-10)5-7-14(21)20-15-12(18)2-1-3-13(15)19/h1-4,6,8H,5,7H2,(H,20,21). The number of hydrogen-bond donors (Lipinski definition) is 1. The second-order valence-corrected chi connectivity index (χ2v) is 5.22. The van der Waals surface area contributed by atoms with E-state index < -0.39 is 23.2 Å². The van der Waals surface area contributed by atoms with Crippen LogP contribution in [-0.2, 0) is 11.2 Å². The Balaban J connectivity index is 1.99. The van der Waals surface area contributed by atoms with E-state index in [9.17, 15) is 13.6 Å². The Hall–Kier alpha value is -1.65. The van der Waals surface area contributed by atoms with E-state index in [1.165, 1.54) is 6.07 Å². The number of anilines is 1. The van der Waals surface area contributed by atoms with Crippen molar-refractivity contribution in [3.05, 3.63) is 63.6 Å². The second-order valence-electron chi connectivity index (χ2n) is 4.38. The van der Waals surface area contributed by atoms with Gasteiger partial charge in [-0.25, -0.2) is 8.78 Å². The average Bonchev–Trinajstić information content (AvgIpc) is 2.42. The summed E-state index contributed by atoms with van der Waals surface area (Å²) in [5.74, 6) is -2.12. The van der Waals surface area contributed by atoms with Gasteiger partial charge in [-0.15, -0.1) is 0 Å². The number of rotatable bonds is 4. The Morgan fingerprint density at radius 2 is 1.76 bits per heavy atom. The average molecular weight is 330 g/mol. The van der Waals surface area contributed by atoms with Crippen LogP contribution in [0.4, 0.5) is 14.5 Å². The molecule has 0 heterocycles. The third-order valence-electron chi connectivity index (χ3n) is 2.86. The van der Waals surface area contributed by atoms with Gasteiger partial charge in [0.15, 0.2) is 0 Å². The third kappa shape index (κ3) is 4.16. The SMILES string of the molecule is O=C(CCc1ccc(Cl)cc1Cl)Nc1c(F)cccc1F. The smallest absolute Gasteiger partial charge is 0.224 e. The zero-order chi connectivity index (χ0) is 15.4. The van der Waals surface area contributed by atoms with Gasteiger partial charge in [0, 0.05) is 16.5 Å². The van der Waals surface area contributed by atoms with Crippen LogP contribution in [0.25, 0.3) is 0 Å². The highest BCUT2D eigenvalue weighted by molar-refractivity contribution is 6.35. The van der Waals surface area contributed by atoms with E-state index in [1.807, 2.05) is 0 Å². The lowest BCUT2D eigenvalue weighted by Gasteiger charge is -2.08. The first-order valence-electron chi connectivity index (χ1n) is 6.15. The molecule has 1 N–H and O–H groups in total. The van der Waals surface area contributed by atoms with Crippen LogP contribution >= 0.6 is 23.2 Å². The molecule has 0 saturated carbocycles. The van der Waals surface area contributed by atoms with Crippen molar-refractivity contribution in [3.63, 3.8) is 0 Å².